The van der Waals surface area contributed by atoms with Gasteiger partial charge in [0.2, 0.25) is 0 Å². The first-order valence-corrected chi connectivity index (χ1v) is 3.94. The average Bonchev–Trinajstić information content (AvgIpc) is 2.07. The summed E-state index contributed by atoms with van der Waals surface area (Å²) in [5.41, 5.74) is 8.17. The highest BCUT2D eigenvalue weighted by Gasteiger charge is 2.19. The Balaban J connectivity index is 2.29. The maximum atomic E-state index is 8.17. The molecule has 0 atom stereocenters. The second-order valence-electron chi connectivity index (χ2n) is 2.87. The smallest absolute Gasteiger partial charge is 0.0571 e. The zero-order chi connectivity index (χ0) is 8.10. The molecule has 0 aromatic carbocycles. The predicted molar refractivity (Wildman–Crippen MR) is 42.2 cm³/mol. The Labute approximate surface area is 66.2 Å². The first kappa shape index (κ1) is 8.37. The van der Waals surface area contributed by atoms with Crippen molar-refractivity contribution in [2.75, 3.05) is 7.11 Å². The van der Waals surface area contributed by atoms with E-state index in [4.69, 9.17) is 10.3 Å². The molecule has 0 unspecified atom stereocenters. The standard InChI is InChI=1S/C7H13N3O/c1-11-7-4-2-6(3-5-7)9-10-8/h6-7H,2-5H2,1H3. The lowest BCUT2D eigenvalue weighted by Gasteiger charge is -2.24. The maximum absolute atomic E-state index is 8.17. The molecule has 1 saturated carbocycles. The molecule has 1 aliphatic rings. The lowest BCUT2D eigenvalue weighted by Crippen LogP contribution is -2.21. The number of methoxy groups -OCH3 is 1. The molecule has 0 N–H and O–H groups in total. The van der Waals surface area contributed by atoms with E-state index in [2.05, 4.69) is 10.0 Å². The molecule has 0 aromatic heterocycles. The van der Waals surface area contributed by atoms with Crippen LogP contribution in [0.3, 0.4) is 0 Å². The van der Waals surface area contributed by atoms with Crippen LogP contribution < -0.4 is 0 Å². The molecule has 0 spiro atoms. The first-order valence-electron chi connectivity index (χ1n) is 3.94. The van der Waals surface area contributed by atoms with Crippen LogP contribution >= 0.6 is 0 Å². The summed E-state index contributed by atoms with van der Waals surface area (Å²) in [4.78, 5) is 2.79. The summed E-state index contributed by atoms with van der Waals surface area (Å²) in [5.74, 6) is 0. The van der Waals surface area contributed by atoms with E-state index in [0.29, 0.717) is 6.10 Å². The van der Waals surface area contributed by atoms with Crippen molar-refractivity contribution in [3.05, 3.63) is 10.4 Å². The summed E-state index contributed by atoms with van der Waals surface area (Å²) in [6.07, 6.45) is 4.39. The van der Waals surface area contributed by atoms with E-state index in [9.17, 15) is 0 Å². The SMILES string of the molecule is COC1CCC(N=[N+]=[N-])CC1. The number of rotatable bonds is 2. The lowest BCUT2D eigenvalue weighted by atomic mass is 9.94. The Bertz CT molecular complexity index is 157. The minimum atomic E-state index is 0.214. The van der Waals surface area contributed by atoms with Crippen LogP contribution in [-0.2, 0) is 4.74 Å². The number of azide groups is 1. The van der Waals surface area contributed by atoms with Gasteiger partial charge in [0.05, 0.1) is 6.10 Å². The van der Waals surface area contributed by atoms with Crippen LogP contribution in [-0.4, -0.2) is 19.3 Å². The van der Waals surface area contributed by atoms with Gasteiger partial charge in [0, 0.05) is 18.1 Å². The largest absolute Gasteiger partial charge is 0.381 e. The second-order valence-corrected chi connectivity index (χ2v) is 2.87. The Kier molecular flexibility index (Phi) is 3.20. The molecule has 11 heavy (non-hydrogen) atoms. The fourth-order valence-electron chi connectivity index (χ4n) is 1.47. The number of ether oxygens (including phenoxy) is 1. The topological polar surface area (TPSA) is 58.0 Å². The molecule has 0 amide bonds. The highest BCUT2D eigenvalue weighted by Crippen LogP contribution is 2.22. The fourth-order valence-corrected chi connectivity index (χ4v) is 1.47. The number of hydrogen-bond donors (Lipinski definition) is 0. The van der Waals surface area contributed by atoms with E-state index >= 15 is 0 Å². The Hall–Kier alpha value is -0.730. The third-order valence-electron chi connectivity index (χ3n) is 2.19. The third-order valence-corrected chi connectivity index (χ3v) is 2.19. The van der Waals surface area contributed by atoms with Gasteiger partial charge in [-0.05, 0) is 31.2 Å². The van der Waals surface area contributed by atoms with Crippen molar-refractivity contribution in [1.82, 2.24) is 0 Å². The Morgan fingerprint density at radius 2 is 2.00 bits per heavy atom. The van der Waals surface area contributed by atoms with Gasteiger partial charge in [-0.1, -0.05) is 5.11 Å². The van der Waals surface area contributed by atoms with Gasteiger partial charge in [0.1, 0.15) is 0 Å². The van der Waals surface area contributed by atoms with Gasteiger partial charge in [-0.25, -0.2) is 0 Å². The van der Waals surface area contributed by atoms with Crippen LogP contribution in [0.1, 0.15) is 25.7 Å². The highest BCUT2D eigenvalue weighted by molar-refractivity contribution is 4.77. The van der Waals surface area contributed by atoms with E-state index in [1.165, 1.54) is 0 Å². The van der Waals surface area contributed by atoms with Gasteiger partial charge in [0.25, 0.3) is 0 Å². The van der Waals surface area contributed by atoms with Crippen LogP contribution in [0.2, 0.25) is 0 Å². The molecule has 0 radical (unpaired) electrons. The predicted octanol–water partition coefficient (Wildman–Crippen LogP) is 2.25. The minimum absolute atomic E-state index is 0.214. The van der Waals surface area contributed by atoms with Crippen LogP contribution in [0.4, 0.5) is 0 Å². The molecule has 1 fully saturated rings. The summed E-state index contributed by atoms with van der Waals surface area (Å²) in [6.45, 7) is 0. The van der Waals surface area contributed by atoms with E-state index in [0.717, 1.165) is 25.7 Å². The average molecular weight is 155 g/mol. The Morgan fingerprint density at radius 1 is 1.36 bits per heavy atom. The summed E-state index contributed by atoms with van der Waals surface area (Å²) < 4.78 is 5.18. The summed E-state index contributed by atoms with van der Waals surface area (Å²) in [7, 11) is 1.73. The molecule has 0 aromatic rings. The zero-order valence-electron chi connectivity index (χ0n) is 6.73. The van der Waals surface area contributed by atoms with Crippen molar-refractivity contribution in [1.29, 1.82) is 0 Å². The van der Waals surface area contributed by atoms with Crippen molar-refractivity contribution in [3.8, 4) is 0 Å². The fraction of sp³-hybridized carbons (Fsp3) is 1.00. The number of hydrogen-bond acceptors (Lipinski definition) is 2. The normalized spacial score (nSPS) is 31.0. The van der Waals surface area contributed by atoms with Gasteiger partial charge in [0.15, 0.2) is 0 Å². The van der Waals surface area contributed by atoms with Crippen LogP contribution in [0.25, 0.3) is 10.4 Å². The second kappa shape index (κ2) is 4.21. The Morgan fingerprint density at radius 3 is 2.45 bits per heavy atom. The molecule has 0 saturated heterocycles. The van der Waals surface area contributed by atoms with Crippen LogP contribution in [0.5, 0.6) is 0 Å². The van der Waals surface area contributed by atoms with Gasteiger partial charge in [-0.3, -0.25) is 0 Å². The van der Waals surface area contributed by atoms with Gasteiger partial charge < -0.3 is 4.74 Å². The van der Waals surface area contributed by atoms with Crippen molar-refractivity contribution >= 4 is 0 Å². The van der Waals surface area contributed by atoms with E-state index in [1.54, 1.807) is 7.11 Å². The molecule has 4 nitrogen and oxygen atoms in total. The molecule has 0 heterocycles. The lowest BCUT2D eigenvalue weighted by molar-refractivity contribution is 0.0665. The first-order chi connectivity index (χ1) is 5.36. The van der Waals surface area contributed by atoms with Gasteiger partial charge in [-0.2, -0.15) is 0 Å². The van der Waals surface area contributed by atoms with Gasteiger partial charge >= 0.3 is 0 Å². The van der Waals surface area contributed by atoms with Crippen molar-refractivity contribution in [3.63, 3.8) is 0 Å². The summed E-state index contributed by atoms with van der Waals surface area (Å²) in [6, 6.07) is 0.214. The van der Waals surface area contributed by atoms with Crippen LogP contribution in [0, 0.1) is 0 Å². The monoisotopic (exact) mass is 155 g/mol. The molecular weight excluding hydrogens is 142 g/mol. The zero-order valence-corrected chi connectivity index (χ0v) is 6.73. The summed E-state index contributed by atoms with van der Waals surface area (Å²) in [5, 5.41) is 3.68. The molecule has 1 rings (SSSR count). The molecule has 0 aliphatic heterocycles. The van der Waals surface area contributed by atoms with Crippen LogP contribution in [0.15, 0.2) is 5.11 Å². The van der Waals surface area contributed by atoms with E-state index < -0.39 is 0 Å². The highest BCUT2D eigenvalue weighted by atomic mass is 16.5. The molecular formula is C7H13N3O. The third kappa shape index (κ3) is 2.41. The molecule has 62 valence electrons. The van der Waals surface area contributed by atoms with Crippen molar-refractivity contribution in [2.24, 2.45) is 5.11 Å². The summed E-state index contributed by atoms with van der Waals surface area (Å²) >= 11 is 0. The minimum Gasteiger partial charge on any atom is -0.381 e. The van der Waals surface area contributed by atoms with E-state index in [-0.39, 0.29) is 6.04 Å². The number of nitrogens with zero attached hydrogens (tertiary/aromatic N) is 3. The van der Waals surface area contributed by atoms with Gasteiger partial charge in [-0.15, -0.1) is 0 Å². The van der Waals surface area contributed by atoms with Crippen molar-refractivity contribution < 1.29 is 4.74 Å². The molecule has 1 aliphatic carbocycles. The van der Waals surface area contributed by atoms with Crippen molar-refractivity contribution in [2.45, 2.75) is 37.8 Å². The quantitative estimate of drug-likeness (QED) is 0.342. The molecule has 4 heteroatoms. The van der Waals surface area contributed by atoms with E-state index in [1.807, 2.05) is 0 Å². The molecule has 0 bridgehead atoms. The maximum Gasteiger partial charge on any atom is 0.0571 e.